The zero-order valence-electron chi connectivity index (χ0n) is 7.83. The Hall–Kier alpha value is -0.0499. The summed E-state index contributed by atoms with van der Waals surface area (Å²) in [6.45, 7) is 0. The van der Waals surface area contributed by atoms with Gasteiger partial charge in [-0.15, -0.1) is 12.1 Å². The molecule has 0 aromatic heterocycles. The van der Waals surface area contributed by atoms with Gasteiger partial charge in [-0.3, -0.25) is 4.39 Å². The second-order valence-electron chi connectivity index (χ2n) is 2.18. The van der Waals surface area contributed by atoms with Gasteiger partial charge in [0.1, 0.15) is 0 Å². The molecule has 0 bridgehead atoms. The Morgan fingerprint density at radius 3 is 1.87 bits per heavy atom. The normalized spacial score (nSPS) is 6.73. The molecule has 0 saturated carbocycles. The molecule has 2 aromatic rings. The van der Waals surface area contributed by atoms with E-state index in [2.05, 4.69) is 6.07 Å². The van der Waals surface area contributed by atoms with Crippen LogP contribution in [0.25, 0.3) is 0 Å². The van der Waals surface area contributed by atoms with E-state index in [1.807, 2.05) is 30.3 Å². The van der Waals surface area contributed by atoms with Crippen LogP contribution in [0.4, 0.5) is 4.39 Å². The zero-order valence-corrected chi connectivity index (χ0v) is 12.9. The Balaban J connectivity index is -0.000000165. The SMILES string of the molecule is Fc1c[c-]ccc1.[Cl-].[Cl-].[Hf+4].c1cc[cH-]c1. The van der Waals surface area contributed by atoms with Gasteiger partial charge in [-0.05, 0) is 0 Å². The van der Waals surface area contributed by atoms with Crippen molar-refractivity contribution >= 4 is 0 Å². The van der Waals surface area contributed by atoms with Crippen LogP contribution in [-0.4, -0.2) is 0 Å². The van der Waals surface area contributed by atoms with Crippen LogP contribution < -0.4 is 24.8 Å². The fourth-order valence-corrected chi connectivity index (χ4v) is 0.692. The zero-order chi connectivity index (χ0) is 8.65. The van der Waals surface area contributed by atoms with Gasteiger partial charge in [-0.1, -0.05) is 0 Å². The minimum absolute atomic E-state index is 0. The number of benzene rings is 1. The van der Waals surface area contributed by atoms with Crippen molar-refractivity contribution in [3.8, 4) is 0 Å². The molecule has 2 rings (SSSR count). The van der Waals surface area contributed by atoms with Crippen molar-refractivity contribution in [3.63, 3.8) is 0 Å². The third-order valence-electron chi connectivity index (χ3n) is 1.22. The molecular weight excluding hydrogens is 401 g/mol. The molecule has 0 spiro atoms. The first-order chi connectivity index (χ1) is 5.89. The van der Waals surface area contributed by atoms with E-state index in [9.17, 15) is 4.39 Å². The van der Waals surface area contributed by atoms with Crippen molar-refractivity contribution in [2.45, 2.75) is 0 Å². The van der Waals surface area contributed by atoms with Crippen LogP contribution in [0.5, 0.6) is 0 Å². The summed E-state index contributed by atoms with van der Waals surface area (Å²) in [5.74, 6) is -0.234. The minimum atomic E-state index is -0.234. The number of hydrogen-bond donors (Lipinski definition) is 0. The molecule has 0 aliphatic heterocycles. The largest absolute Gasteiger partial charge is 4.00 e. The minimum Gasteiger partial charge on any atom is -1.00 e. The van der Waals surface area contributed by atoms with Crippen LogP contribution in [0.15, 0.2) is 54.6 Å². The molecule has 0 amide bonds. The van der Waals surface area contributed by atoms with Gasteiger partial charge in [0.05, 0.1) is 0 Å². The van der Waals surface area contributed by atoms with Crippen molar-refractivity contribution in [1.29, 1.82) is 0 Å². The Kier molecular flexibility index (Phi) is 18.9. The summed E-state index contributed by atoms with van der Waals surface area (Å²) in [5, 5.41) is 0. The van der Waals surface area contributed by atoms with Crippen molar-refractivity contribution < 1.29 is 55.0 Å². The quantitative estimate of drug-likeness (QED) is 0.322. The monoisotopic (exact) mass is 410 g/mol. The predicted molar refractivity (Wildman–Crippen MR) is 47.3 cm³/mol. The van der Waals surface area contributed by atoms with Gasteiger partial charge in [0.25, 0.3) is 0 Å². The predicted octanol–water partition coefficient (Wildman–Crippen LogP) is -2.96. The molecule has 0 N–H and O–H groups in total. The average Bonchev–Trinajstić information content (AvgIpc) is 2.62. The van der Waals surface area contributed by atoms with Gasteiger partial charge in [0, 0.05) is 5.82 Å². The van der Waals surface area contributed by atoms with E-state index in [1.54, 1.807) is 12.1 Å². The van der Waals surface area contributed by atoms with Gasteiger partial charge < -0.3 is 24.8 Å². The molecule has 0 aliphatic rings. The second kappa shape index (κ2) is 14.0. The van der Waals surface area contributed by atoms with E-state index in [-0.39, 0.29) is 56.5 Å². The van der Waals surface area contributed by atoms with Crippen molar-refractivity contribution in [2.24, 2.45) is 0 Å². The summed E-state index contributed by atoms with van der Waals surface area (Å²) < 4.78 is 11.9. The van der Waals surface area contributed by atoms with E-state index >= 15 is 0 Å². The Bertz CT molecular complexity index is 267. The molecule has 2 aromatic carbocycles. The van der Waals surface area contributed by atoms with Gasteiger partial charge in [-0.25, -0.2) is 12.1 Å². The molecule has 4 heteroatoms. The van der Waals surface area contributed by atoms with Crippen molar-refractivity contribution in [2.75, 3.05) is 0 Å². The van der Waals surface area contributed by atoms with Gasteiger partial charge in [-0.2, -0.15) is 36.4 Å². The first-order valence-electron chi connectivity index (χ1n) is 3.68. The van der Waals surface area contributed by atoms with Crippen LogP contribution in [-0.2, 0) is 25.8 Å². The van der Waals surface area contributed by atoms with E-state index in [1.165, 1.54) is 12.1 Å². The molecule has 0 aliphatic carbocycles. The van der Waals surface area contributed by atoms with Gasteiger partial charge >= 0.3 is 25.8 Å². The first kappa shape index (κ1) is 20.4. The van der Waals surface area contributed by atoms with E-state index in [4.69, 9.17) is 0 Å². The Morgan fingerprint density at radius 1 is 1.07 bits per heavy atom. The van der Waals surface area contributed by atoms with Gasteiger partial charge in [0.2, 0.25) is 0 Å². The molecule has 0 fully saturated rings. The van der Waals surface area contributed by atoms with E-state index < -0.39 is 0 Å². The Labute approximate surface area is 121 Å². The average molecular weight is 410 g/mol. The summed E-state index contributed by atoms with van der Waals surface area (Å²) in [7, 11) is 0. The molecule has 0 radical (unpaired) electrons. The summed E-state index contributed by atoms with van der Waals surface area (Å²) in [5.41, 5.74) is 0. The number of rotatable bonds is 0. The second-order valence-corrected chi connectivity index (χ2v) is 2.18. The van der Waals surface area contributed by atoms with Crippen molar-refractivity contribution in [3.05, 3.63) is 66.5 Å². The molecule has 0 saturated heterocycles. The van der Waals surface area contributed by atoms with E-state index in [0.29, 0.717) is 0 Å². The molecule has 78 valence electrons. The first-order valence-corrected chi connectivity index (χ1v) is 3.68. The molecule has 15 heavy (non-hydrogen) atoms. The summed E-state index contributed by atoms with van der Waals surface area (Å²) >= 11 is 0. The molecule has 0 heterocycles. The fraction of sp³-hybridized carbons (Fsp3) is 0. The Morgan fingerprint density at radius 2 is 1.67 bits per heavy atom. The van der Waals surface area contributed by atoms with Crippen LogP contribution in [0, 0.1) is 11.9 Å². The van der Waals surface area contributed by atoms with E-state index in [0.717, 1.165) is 0 Å². The third-order valence-corrected chi connectivity index (χ3v) is 1.22. The van der Waals surface area contributed by atoms with Crippen LogP contribution >= 0.6 is 0 Å². The molecular formula is C11H9Cl2FHf. The standard InChI is InChI=1S/C6H4F.C5H5.2ClH.Hf/c7-6-4-2-1-3-5-6;1-2-4-5-3-1;;;/h1-2,4-5H;1-5H;2*1H;/q2*-1;;;+4/p-2. The summed E-state index contributed by atoms with van der Waals surface area (Å²) in [6, 6.07) is 18.5. The van der Waals surface area contributed by atoms with Crippen molar-refractivity contribution in [1.82, 2.24) is 0 Å². The molecule has 0 atom stereocenters. The molecule has 0 nitrogen and oxygen atoms in total. The summed E-state index contributed by atoms with van der Waals surface area (Å²) in [6.07, 6.45) is 0. The molecule has 0 unspecified atom stereocenters. The maximum Gasteiger partial charge on any atom is 4.00 e. The number of hydrogen-bond acceptors (Lipinski definition) is 0. The third kappa shape index (κ3) is 11.9. The maximum absolute atomic E-state index is 11.9. The summed E-state index contributed by atoms with van der Waals surface area (Å²) in [4.78, 5) is 0. The van der Waals surface area contributed by atoms with Crippen LogP contribution in [0.1, 0.15) is 0 Å². The number of halogens is 3. The van der Waals surface area contributed by atoms with Crippen LogP contribution in [0.2, 0.25) is 0 Å². The maximum atomic E-state index is 11.9. The van der Waals surface area contributed by atoms with Crippen LogP contribution in [0.3, 0.4) is 0 Å². The van der Waals surface area contributed by atoms with Gasteiger partial charge in [0.15, 0.2) is 0 Å². The fourth-order valence-electron chi connectivity index (χ4n) is 0.692. The smallest absolute Gasteiger partial charge is 1.00 e. The topological polar surface area (TPSA) is 0 Å².